The first kappa shape index (κ1) is 17.1. The SMILES string of the molecule is c1ccc(OCCn2c(CN3CCCCCC3)nc3ccccc32)cc1. The monoisotopic (exact) mass is 349 g/mol. The highest BCUT2D eigenvalue weighted by atomic mass is 16.5. The molecule has 2 heterocycles. The minimum Gasteiger partial charge on any atom is -0.492 e. The standard InChI is InChI=1S/C22H27N3O/c1-2-9-15-24(14-8-1)18-22-23-20-12-6-7-13-21(20)25(22)16-17-26-19-10-4-3-5-11-19/h3-7,10-13H,1-2,8-9,14-18H2. The lowest BCUT2D eigenvalue weighted by molar-refractivity contribution is 0.258. The van der Waals surface area contributed by atoms with E-state index in [1.54, 1.807) is 0 Å². The van der Waals surface area contributed by atoms with Crippen LogP contribution in [0.3, 0.4) is 0 Å². The van der Waals surface area contributed by atoms with Crippen LogP contribution in [0.5, 0.6) is 5.75 Å². The molecule has 4 nitrogen and oxygen atoms in total. The first-order chi connectivity index (χ1) is 12.9. The smallest absolute Gasteiger partial charge is 0.124 e. The third-order valence-electron chi connectivity index (χ3n) is 5.12. The van der Waals surface area contributed by atoms with E-state index in [2.05, 4.69) is 33.7 Å². The highest BCUT2D eigenvalue weighted by Gasteiger charge is 2.15. The Kier molecular flexibility index (Phi) is 5.50. The van der Waals surface area contributed by atoms with Crippen LogP contribution in [0.15, 0.2) is 54.6 Å². The average Bonchev–Trinajstić information content (AvgIpc) is 2.83. The summed E-state index contributed by atoms with van der Waals surface area (Å²) in [7, 11) is 0. The number of likely N-dealkylation sites (tertiary alicyclic amines) is 1. The maximum Gasteiger partial charge on any atom is 0.124 e. The quantitative estimate of drug-likeness (QED) is 0.657. The predicted octanol–water partition coefficient (Wildman–Crippen LogP) is 4.49. The Bertz CT molecular complexity index is 820. The largest absolute Gasteiger partial charge is 0.492 e. The molecule has 4 rings (SSSR count). The van der Waals surface area contributed by atoms with Gasteiger partial charge in [-0.05, 0) is 50.2 Å². The number of nitrogens with zero attached hydrogens (tertiary/aromatic N) is 3. The molecule has 0 atom stereocenters. The van der Waals surface area contributed by atoms with Gasteiger partial charge in [-0.2, -0.15) is 0 Å². The number of ether oxygens (including phenoxy) is 1. The highest BCUT2D eigenvalue weighted by molar-refractivity contribution is 5.75. The van der Waals surface area contributed by atoms with Gasteiger partial charge in [-0.1, -0.05) is 43.2 Å². The molecule has 0 unspecified atom stereocenters. The minimum atomic E-state index is 0.650. The summed E-state index contributed by atoms with van der Waals surface area (Å²) in [4.78, 5) is 7.49. The Hall–Kier alpha value is -2.33. The summed E-state index contributed by atoms with van der Waals surface area (Å²) in [6, 6.07) is 18.5. The fourth-order valence-corrected chi connectivity index (χ4v) is 3.76. The van der Waals surface area contributed by atoms with Gasteiger partial charge >= 0.3 is 0 Å². The van der Waals surface area contributed by atoms with Gasteiger partial charge < -0.3 is 9.30 Å². The van der Waals surface area contributed by atoms with Gasteiger partial charge in [0.15, 0.2) is 0 Å². The van der Waals surface area contributed by atoms with Crippen molar-refractivity contribution in [1.82, 2.24) is 14.5 Å². The summed E-state index contributed by atoms with van der Waals surface area (Å²) in [5.74, 6) is 2.08. The third kappa shape index (κ3) is 4.07. The molecular weight excluding hydrogens is 322 g/mol. The van der Waals surface area contributed by atoms with Gasteiger partial charge in [-0.25, -0.2) is 4.98 Å². The van der Waals surface area contributed by atoms with E-state index in [0.717, 1.165) is 30.2 Å². The van der Waals surface area contributed by atoms with Gasteiger partial charge in [0.1, 0.15) is 18.2 Å². The number of hydrogen-bond donors (Lipinski definition) is 0. The van der Waals surface area contributed by atoms with Gasteiger partial charge in [0.2, 0.25) is 0 Å². The molecule has 0 saturated carbocycles. The fourth-order valence-electron chi connectivity index (χ4n) is 3.76. The normalized spacial score (nSPS) is 15.8. The molecular formula is C22H27N3O. The Balaban J connectivity index is 1.51. The number of para-hydroxylation sites is 3. The number of imidazole rings is 1. The number of aromatic nitrogens is 2. The molecule has 4 heteroatoms. The van der Waals surface area contributed by atoms with Crippen LogP contribution in [0.25, 0.3) is 11.0 Å². The van der Waals surface area contributed by atoms with E-state index in [1.165, 1.54) is 44.3 Å². The summed E-state index contributed by atoms with van der Waals surface area (Å²) >= 11 is 0. The van der Waals surface area contributed by atoms with Crippen molar-refractivity contribution in [3.05, 3.63) is 60.4 Å². The molecule has 1 fully saturated rings. The molecule has 26 heavy (non-hydrogen) atoms. The zero-order valence-electron chi connectivity index (χ0n) is 15.3. The fraction of sp³-hybridized carbons (Fsp3) is 0.409. The highest BCUT2D eigenvalue weighted by Crippen LogP contribution is 2.19. The van der Waals surface area contributed by atoms with Crippen molar-refractivity contribution in [2.45, 2.75) is 38.8 Å². The molecule has 1 aliphatic rings. The summed E-state index contributed by atoms with van der Waals surface area (Å²) in [5.41, 5.74) is 2.28. The second kappa shape index (κ2) is 8.37. The van der Waals surface area contributed by atoms with E-state index < -0.39 is 0 Å². The zero-order valence-corrected chi connectivity index (χ0v) is 15.3. The summed E-state index contributed by atoms with van der Waals surface area (Å²) in [5, 5.41) is 0. The van der Waals surface area contributed by atoms with Gasteiger partial charge in [0, 0.05) is 0 Å². The third-order valence-corrected chi connectivity index (χ3v) is 5.12. The summed E-state index contributed by atoms with van der Waals surface area (Å²) < 4.78 is 8.27. The van der Waals surface area contributed by atoms with E-state index in [4.69, 9.17) is 9.72 Å². The predicted molar refractivity (Wildman–Crippen MR) is 105 cm³/mol. The molecule has 1 aromatic heterocycles. The lowest BCUT2D eigenvalue weighted by atomic mass is 10.2. The van der Waals surface area contributed by atoms with Gasteiger partial charge in [0.05, 0.1) is 24.1 Å². The topological polar surface area (TPSA) is 30.3 Å². The van der Waals surface area contributed by atoms with E-state index in [1.807, 2.05) is 30.3 Å². The van der Waals surface area contributed by atoms with Crippen LogP contribution in [-0.2, 0) is 13.1 Å². The van der Waals surface area contributed by atoms with Crippen molar-refractivity contribution in [3.8, 4) is 5.75 Å². The number of rotatable bonds is 6. The Morgan fingerprint density at radius 1 is 0.846 bits per heavy atom. The summed E-state index contributed by atoms with van der Waals surface area (Å²) in [6.45, 7) is 4.77. The van der Waals surface area contributed by atoms with E-state index in [-0.39, 0.29) is 0 Å². The number of benzene rings is 2. The molecule has 0 N–H and O–H groups in total. The van der Waals surface area contributed by atoms with Crippen molar-refractivity contribution >= 4 is 11.0 Å². The molecule has 0 bridgehead atoms. The average molecular weight is 349 g/mol. The van der Waals surface area contributed by atoms with E-state index in [9.17, 15) is 0 Å². The second-order valence-electron chi connectivity index (χ2n) is 7.02. The van der Waals surface area contributed by atoms with Crippen molar-refractivity contribution in [1.29, 1.82) is 0 Å². The van der Waals surface area contributed by atoms with Gasteiger partial charge in [0.25, 0.3) is 0 Å². The first-order valence-electron chi connectivity index (χ1n) is 9.74. The lowest BCUT2D eigenvalue weighted by Gasteiger charge is -2.20. The number of hydrogen-bond acceptors (Lipinski definition) is 3. The van der Waals surface area contributed by atoms with Crippen LogP contribution in [0, 0.1) is 0 Å². The van der Waals surface area contributed by atoms with Crippen LogP contribution < -0.4 is 4.74 Å². The van der Waals surface area contributed by atoms with Gasteiger partial charge in [-0.3, -0.25) is 4.90 Å². The Morgan fingerprint density at radius 2 is 1.58 bits per heavy atom. The van der Waals surface area contributed by atoms with Crippen LogP contribution in [-0.4, -0.2) is 34.1 Å². The molecule has 3 aromatic rings. The van der Waals surface area contributed by atoms with E-state index in [0.29, 0.717) is 6.61 Å². The van der Waals surface area contributed by atoms with Crippen LogP contribution in [0.2, 0.25) is 0 Å². The van der Waals surface area contributed by atoms with Crippen molar-refractivity contribution in [3.63, 3.8) is 0 Å². The second-order valence-corrected chi connectivity index (χ2v) is 7.02. The Labute approximate surface area is 155 Å². The van der Waals surface area contributed by atoms with Crippen LogP contribution in [0.1, 0.15) is 31.5 Å². The van der Waals surface area contributed by atoms with Gasteiger partial charge in [-0.15, -0.1) is 0 Å². The maximum absolute atomic E-state index is 5.93. The van der Waals surface area contributed by atoms with Crippen molar-refractivity contribution in [2.75, 3.05) is 19.7 Å². The molecule has 2 aromatic carbocycles. The first-order valence-corrected chi connectivity index (χ1v) is 9.74. The van der Waals surface area contributed by atoms with E-state index >= 15 is 0 Å². The molecule has 0 radical (unpaired) electrons. The minimum absolute atomic E-state index is 0.650. The van der Waals surface area contributed by atoms with Crippen LogP contribution in [0.4, 0.5) is 0 Å². The molecule has 0 amide bonds. The zero-order chi connectivity index (χ0) is 17.6. The molecule has 1 aliphatic heterocycles. The van der Waals surface area contributed by atoms with Crippen molar-refractivity contribution in [2.24, 2.45) is 0 Å². The van der Waals surface area contributed by atoms with Crippen molar-refractivity contribution < 1.29 is 4.74 Å². The Morgan fingerprint density at radius 3 is 2.38 bits per heavy atom. The molecule has 0 spiro atoms. The molecule has 1 saturated heterocycles. The maximum atomic E-state index is 5.93. The summed E-state index contributed by atoms with van der Waals surface area (Å²) in [6.07, 6.45) is 5.32. The lowest BCUT2D eigenvalue weighted by Crippen LogP contribution is -2.26. The number of fused-ring (bicyclic) bond motifs is 1. The molecule has 0 aliphatic carbocycles. The molecule has 136 valence electrons. The van der Waals surface area contributed by atoms with Crippen LogP contribution >= 0.6 is 0 Å².